The molecular formula is C23H29N3O. The number of nitrogens with zero attached hydrogens (tertiary/aromatic N) is 2. The van der Waals surface area contributed by atoms with E-state index < -0.39 is 0 Å². The summed E-state index contributed by atoms with van der Waals surface area (Å²) >= 11 is 0. The van der Waals surface area contributed by atoms with Crippen LogP contribution in [0.2, 0.25) is 0 Å². The molecule has 0 radical (unpaired) electrons. The van der Waals surface area contributed by atoms with Crippen LogP contribution in [0.15, 0.2) is 60.7 Å². The highest BCUT2D eigenvalue weighted by molar-refractivity contribution is 5.77. The van der Waals surface area contributed by atoms with E-state index in [1.54, 1.807) is 0 Å². The Morgan fingerprint density at radius 1 is 1.00 bits per heavy atom. The van der Waals surface area contributed by atoms with Crippen molar-refractivity contribution >= 4 is 17.7 Å². The zero-order valence-corrected chi connectivity index (χ0v) is 16.1. The fraction of sp³-hybridized carbons (Fsp3) is 0.348. The lowest BCUT2D eigenvalue weighted by molar-refractivity contribution is -0.132. The molecule has 1 heterocycles. The Bertz CT molecular complexity index is 749. The van der Waals surface area contributed by atoms with Gasteiger partial charge in [-0.3, -0.25) is 9.69 Å². The standard InChI is InChI=1S/C23H29N3O/c1-20-8-5-6-12-22(20)24-14-13-23(27)26-18-16-25(17-19-26)15-7-11-21-9-3-2-4-10-21/h2-12,24H,13-19H2,1H3/b11-7+. The molecule has 4 nitrogen and oxygen atoms in total. The van der Waals surface area contributed by atoms with Gasteiger partial charge in [0, 0.05) is 51.4 Å². The largest absolute Gasteiger partial charge is 0.384 e. The summed E-state index contributed by atoms with van der Waals surface area (Å²) in [5.74, 6) is 0.246. The Hall–Kier alpha value is -2.59. The molecule has 1 fully saturated rings. The number of anilines is 1. The van der Waals surface area contributed by atoms with Gasteiger partial charge in [0.15, 0.2) is 0 Å². The summed E-state index contributed by atoms with van der Waals surface area (Å²) in [6, 6.07) is 18.5. The van der Waals surface area contributed by atoms with Gasteiger partial charge >= 0.3 is 0 Å². The number of hydrogen-bond acceptors (Lipinski definition) is 3. The fourth-order valence-electron chi connectivity index (χ4n) is 3.32. The van der Waals surface area contributed by atoms with Crippen LogP contribution in [0.4, 0.5) is 5.69 Å². The Kier molecular flexibility index (Phi) is 7.05. The van der Waals surface area contributed by atoms with Crippen molar-refractivity contribution < 1.29 is 4.79 Å². The molecule has 2 aromatic carbocycles. The van der Waals surface area contributed by atoms with Gasteiger partial charge in [-0.05, 0) is 24.1 Å². The molecule has 4 heteroatoms. The van der Waals surface area contributed by atoms with Crippen LogP contribution in [0.5, 0.6) is 0 Å². The zero-order chi connectivity index (χ0) is 18.9. The van der Waals surface area contributed by atoms with E-state index in [0.717, 1.165) is 38.4 Å². The third-order valence-electron chi connectivity index (χ3n) is 5.00. The first-order valence-electron chi connectivity index (χ1n) is 9.73. The third-order valence-corrected chi connectivity index (χ3v) is 5.00. The third kappa shape index (κ3) is 5.97. The molecule has 1 N–H and O–H groups in total. The number of benzene rings is 2. The Morgan fingerprint density at radius 2 is 1.70 bits per heavy atom. The van der Waals surface area contributed by atoms with Gasteiger partial charge < -0.3 is 10.2 Å². The van der Waals surface area contributed by atoms with E-state index in [2.05, 4.69) is 65.7 Å². The smallest absolute Gasteiger partial charge is 0.224 e. The predicted octanol–water partition coefficient (Wildman–Crippen LogP) is 3.65. The van der Waals surface area contributed by atoms with Crippen molar-refractivity contribution in [2.24, 2.45) is 0 Å². The molecule has 0 unspecified atom stereocenters. The van der Waals surface area contributed by atoms with Gasteiger partial charge in [0.1, 0.15) is 0 Å². The second-order valence-corrected chi connectivity index (χ2v) is 6.99. The number of amides is 1. The number of para-hydroxylation sites is 1. The van der Waals surface area contributed by atoms with Crippen molar-refractivity contribution in [3.8, 4) is 0 Å². The molecule has 1 aliphatic rings. The Morgan fingerprint density at radius 3 is 2.44 bits per heavy atom. The van der Waals surface area contributed by atoms with Crippen molar-refractivity contribution in [3.63, 3.8) is 0 Å². The van der Waals surface area contributed by atoms with Crippen LogP contribution in [0, 0.1) is 6.92 Å². The molecule has 27 heavy (non-hydrogen) atoms. The lowest BCUT2D eigenvalue weighted by atomic mass is 10.2. The highest BCUT2D eigenvalue weighted by Gasteiger charge is 2.19. The van der Waals surface area contributed by atoms with Gasteiger partial charge in [0.05, 0.1) is 0 Å². The minimum atomic E-state index is 0.246. The number of carbonyl (C=O) groups excluding carboxylic acids is 1. The summed E-state index contributed by atoms with van der Waals surface area (Å²) in [7, 11) is 0. The normalized spacial score (nSPS) is 15.2. The lowest BCUT2D eigenvalue weighted by Gasteiger charge is -2.34. The summed E-state index contributed by atoms with van der Waals surface area (Å²) in [5.41, 5.74) is 3.55. The zero-order valence-electron chi connectivity index (χ0n) is 16.1. The number of aryl methyl sites for hydroxylation is 1. The molecule has 1 aliphatic heterocycles. The van der Waals surface area contributed by atoms with E-state index in [4.69, 9.17) is 0 Å². The van der Waals surface area contributed by atoms with Crippen molar-refractivity contribution in [2.45, 2.75) is 13.3 Å². The molecule has 0 aromatic heterocycles. The molecule has 0 aliphatic carbocycles. The average Bonchev–Trinajstić information content (AvgIpc) is 2.71. The first-order valence-corrected chi connectivity index (χ1v) is 9.73. The summed E-state index contributed by atoms with van der Waals surface area (Å²) < 4.78 is 0. The van der Waals surface area contributed by atoms with Gasteiger partial charge in [-0.2, -0.15) is 0 Å². The summed E-state index contributed by atoms with van der Waals surface area (Å²) in [6.45, 7) is 7.22. The number of hydrogen-bond donors (Lipinski definition) is 1. The number of piperazine rings is 1. The maximum absolute atomic E-state index is 12.4. The molecular weight excluding hydrogens is 334 g/mol. The molecule has 1 amide bonds. The fourth-order valence-corrected chi connectivity index (χ4v) is 3.32. The average molecular weight is 364 g/mol. The van der Waals surface area contributed by atoms with Gasteiger partial charge in [-0.15, -0.1) is 0 Å². The predicted molar refractivity (Wildman–Crippen MR) is 113 cm³/mol. The lowest BCUT2D eigenvalue weighted by Crippen LogP contribution is -2.48. The molecule has 3 rings (SSSR count). The molecule has 1 saturated heterocycles. The van der Waals surface area contributed by atoms with E-state index >= 15 is 0 Å². The Labute approximate surface area is 162 Å². The molecule has 2 aromatic rings. The van der Waals surface area contributed by atoms with Crippen LogP contribution in [-0.2, 0) is 4.79 Å². The maximum atomic E-state index is 12.4. The van der Waals surface area contributed by atoms with Crippen molar-refractivity contribution in [1.82, 2.24) is 9.80 Å². The SMILES string of the molecule is Cc1ccccc1NCCC(=O)N1CCN(C/C=C/c2ccccc2)CC1. The van der Waals surface area contributed by atoms with E-state index in [1.165, 1.54) is 11.1 Å². The number of nitrogens with one attached hydrogen (secondary N) is 1. The quantitative estimate of drug-likeness (QED) is 0.815. The minimum absolute atomic E-state index is 0.246. The van der Waals surface area contributed by atoms with Gasteiger partial charge in [-0.25, -0.2) is 0 Å². The van der Waals surface area contributed by atoms with Gasteiger partial charge in [0.25, 0.3) is 0 Å². The molecule has 0 saturated carbocycles. The topological polar surface area (TPSA) is 35.6 Å². The van der Waals surface area contributed by atoms with Crippen LogP contribution >= 0.6 is 0 Å². The van der Waals surface area contributed by atoms with Crippen LogP contribution in [0.25, 0.3) is 6.08 Å². The highest BCUT2D eigenvalue weighted by Crippen LogP contribution is 2.13. The molecule has 142 valence electrons. The molecule has 0 spiro atoms. The second-order valence-electron chi connectivity index (χ2n) is 6.99. The van der Waals surface area contributed by atoms with Gasteiger partial charge in [0.2, 0.25) is 5.91 Å². The second kappa shape index (κ2) is 9.93. The first-order chi connectivity index (χ1) is 13.2. The van der Waals surface area contributed by atoms with Gasteiger partial charge in [-0.1, -0.05) is 60.7 Å². The van der Waals surface area contributed by atoms with Crippen LogP contribution < -0.4 is 5.32 Å². The number of carbonyl (C=O) groups is 1. The first kappa shape index (κ1) is 19.2. The number of rotatable bonds is 7. The highest BCUT2D eigenvalue weighted by atomic mass is 16.2. The van der Waals surface area contributed by atoms with Crippen LogP contribution in [-0.4, -0.2) is 55.0 Å². The van der Waals surface area contributed by atoms with E-state index in [9.17, 15) is 4.79 Å². The van der Waals surface area contributed by atoms with E-state index in [1.807, 2.05) is 23.1 Å². The molecule has 0 bridgehead atoms. The van der Waals surface area contributed by atoms with Crippen molar-refractivity contribution in [1.29, 1.82) is 0 Å². The van der Waals surface area contributed by atoms with Crippen LogP contribution in [0.1, 0.15) is 17.5 Å². The minimum Gasteiger partial charge on any atom is -0.384 e. The summed E-state index contributed by atoms with van der Waals surface area (Å²) in [6.07, 6.45) is 4.91. The summed E-state index contributed by atoms with van der Waals surface area (Å²) in [5, 5.41) is 3.37. The maximum Gasteiger partial charge on any atom is 0.224 e. The molecule has 0 atom stereocenters. The monoisotopic (exact) mass is 363 g/mol. The van der Waals surface area contributed by atoms with E-state index in [-0.39, 0.29) is 5.91 Å². The van der Waals surface area contributed by atoms with Crippen molar-refractivity contribution in [3.05, 3.63) is 71.8 Å². The van der Waals surface area contributed by atoms with Crippen LogP contribution in [0.3, 0.4) is 0 Å². The Balaban J connectivity index is 1.35. The summed E-state index contributed by atoms with van der Waals surface area (Å²) in [4.78, 5) is 16.8. The van der Waals surface area contributed by atoms with E-state index in [0.29, 0.717) is 13.0 Å². The van der Waals surface area contributed by atoms with Crippen molar-refractivity contribution in [2.75, 3.05) is 44.6 Å².